The molecule has 2 heterocycles. The molecule has 0 spiro atoms. The summed E-state index contributed by atoms with van der Waals surface area (Å²) in [5, 5.41) is 2.99. The van der Waals surface area contributed by atoms with Crippen LogP contribution in [0.25, 0.3) is 11.4 Å². The number of carbonyl (C=O) groups is 1. The molecule has 1 aliphatic carbocycles. The third kappa shape index (κ3) is 4.74. The summed E-state index contributed by atoms with van der Waals surface area (Å²) in [6, 6.07) is 6.36. The van der Waals surface area contributed by atoms with Crippen LogP contribution in [0.15, 0.2) is 48.9 Å². The second-order valence-electron chi connectivity index (χ2n) is 8.77. The molecule has 4 rings (SSSR count). The van der Waals surface area contributed by atoms with E-state index < -0.39 is 23.6 Å². The molecule has 1 amide bonds. The van der Waals surface area contributed by atoms with E-state index in [0.717, 1.165) is 35.4 Å². The monoisotopic (exact) mass is 438 g/mol. The molecule has 32 heavy (non-hydrogen) atoms. The molecule has 1 aliphatic rings. The van der Waals surface area contributed by atoms with Crippen molar-refractivity contribution in [3.8, 4) is 17.1 Å². The number of fused-ring (bicyclic) bond motifs is 1. The maximum absolute atomic E-state index is 13.9. The highest BCUT2D eigenvalue weighted by molar-refractivity contribution is 5.81. The molecular formula is C24H24F2N4O2. The minimum absolute atomic E-state index is 0.0953. The zero-order chi connectivity index (χ0) is 22.9. The number of benzene rings is 1. The first-order valence-electron chi connectivity index (χ1n) is 10.4. The molecule has 1 aromatic carbocycles. The Kier molecular flexibility index (Phi) is 5.86. The molecular weight excluding hydrogens is 414 g/mol. The molecule has 1 N–H and O–H groups in total. The molecule has 0 bridgehead atoms. The lowest BCUT2D eigenvalue weighted by molar-refractivity contribution is -0.128. The average molecular weight is 438 g/mol. The lowest BCUT2D eigenvalue weighted by atomic mass is 9.74. The number of halogens is 2. The third-order valence-corrected chi connectivity index (χ3v) is 5.50. The van der Waals surface area contributed by atoms with Crippen molar-refractivity contribution >= 4 is 5.91 Å². The van der Waals surface area contributed by atoms with Gasteiger partial charge in [-0.3, -0.25) is 9.78 Å². The summed E-state index contributed by atoms with van der Waals surface area (Å²) in [7, 11) is 0. The van der Waals surface area contributed by atoms with Crippen molar-refractivity contribution in [1.82, 2.24) is 20.3 Å². The molecule has 0 unspecified atom stereocenters. The number of rotatable bonds is 5. The van der Waals surface area contributed by atoms with Crippen molar-refractivity contribution in [3.05, 3.63) is 71.8 Å². The summed E-state index contributed by atoms with van der Waals surface area (Å²) in [6.45, 7) is 5.77. The van der Waals surface area contributed by atoms with Gasteiger partial charge < -0.3 is 10.1 Å². The lowest BCUT2D eigenvalue weighted by Crippen LogP contribution is -2.42. The number of nitrogens with zero attached hydrogens (tertiary/aromatic N) is 3. The van der Waals surface area contributed by atoms with E-state index in [1.807, 2.05) is 12.1 Å². The van der Waals surface area contributed by atoms with Crippen LogP contribution in [0.4, 0.5) is 8.78 Å². The van der Waals surface area contributed by atoms with Crippen LogP contribution in [0.1, 0.15) is 44.5 Å². The normalized spacial score (nSPS) is 17.8. The predicted molar refractivity (Wildman–Crippen MR) is 115 cm³/mol. The van der Waals surface area contributed by atoms with Crippen molar-refractivity contribution in [2.24, 2.45) is 5.41 Å². The largest absolute Gasteiger partial charge is 0.478 e. The number of pyridine rings is 1. The van der Waals surface area contributed by atoms with E-state index in [1.165, 1.54) is 13.0 Å². The molecule has 0 aliphatic heterocycles. The van der Waals surface area contributed by atoms with Crippen LogP contribution in [0.3, 0.4) is 0 Å². The Bertz CT molecular complexity index is 1140. The summed E-state index contributed by atoms with van der Waals surface area (Å²) in [6.07, 6.45) is 5.61. The molecule has 2 atom stereocenters. The minimum atomic E-state index is -0.972. The van der Waals surface area contributed by atoms with E-state index >= 15 is 0 Å². The number of hydrogen-bond acceptors (Lipinski definition) is 5. The first kappa shape index (κ1) is 21.8. The standard InChI is InChI=1S/C24H24F2N4O2/c1-14(32-21-5-4-16(25)10-18(21)26)23(31)30-20-12-24(2,3)11-19-17(20)13-28-22(29-19)15-6-8-27-9-7-15/h4-10,13-14,20H,11-12H2,1-3H3,(H,30,31)/t14-,20-/m1/s1. The van der Waals surface area contributed by atoms with E-state index in [2.05, 4.69) is 29.1 Å². The quantitative estimate of drug-likeness (QED) is 0.638. The van der Waals surface area contributed by atoms with E-state index in [1.54, 1.807) is 18.6 Å². The van der Waals surface area contributed by atoms with Gasteiger partial charge in [-0.2, -0.15) is 0 Å². The number of nitrogens with one attached hydrogen (secondary N) is 1. The van der Waals surface area contributed by atoms with Gasteiger partial charge >= 0.3 is 0 Å². The Morgan fingerprint density at radius 1 is 1.22 bits per heavy atom. The number of hydrogen-bond donors (Lipinski definition) is 1. The summed E-state index contributed by atoms with van der Waals surface area (Å²) in [5.41, 5.74) is 2.51. The highest BCUT2D eigenvalue weighted by Gasteiger charge is 2.35. The number of ether oxygens (including phenoxy) is 1. The predicted octanol–water partition coefficient (Wildman–Crippen LogP) is 4.41. The summed E-state index contributed by atoms with van der Waals surface area (Å²) in [4.78, 5) is 26.1. The molecule has 8 heteroatoms. The van der Waals surface area contributed by atoms with E-state index in [0.29, 0.717) is 12.2 Å². The molecule has 0 fully saturated rings. The Morgan fingerprint density at radius 2 is 1.97 bits per heavy atom. The topological polar surface area (TPSA) is 77.0 Å². The van der Waals surface area contributed by atoms with Crippen molar-refractivity contribution in [2.45, 2.75) is 45.8 Å². The first-order valence-corrected chi connectivity index (χ1v) is 10.4. The highest BCUT2D eigenvalue weighted by Crippen LogP contribution is 2.40. The zero-order valence-electron chi connectivity index (χ0n) is 18.1. The minimum Gasteiger partial charge on any atom is -0.478 e. The van der Waals surface area contributed by atoms with Crippen LogP contribution in [-0.2, 0) is 11.2 Å². The number of amides is 1. The van der Waals surface area contributed by atoms with Gasteiger partial charge in [0, 0.05) is 35.8 Å². The van der Waals surface area contributed by atoms with Gasteiger partial charge in [0.2, 0.25) is 0 Å². The number of aromatic nitrogens is 3. The summed E-state index contributed by atoms with van der Waals surface area (Å²) < 4.78 is 32.4. The summed E-state index contributed by atoms with van der Waals surface area (Å²) >= 11 is 0. The lowest BCUT2D eigenvalue weighted by Gasteiger charge is -2.37. The first-order chi connectivity index (χ1) is 15.2. The fraction of sp³-hybridized carbons (Fsp3) is 0.333. The Labute approximate surface area is 185 Å². The SMILES string of the molecule is C[C@@H](Oc1ccc(F)cc1F)C(=O)N[C@@H]1CC(C)(C)Cc2nc(-c3ccncc3)ncc21. The van der Waals surface area contributed by atoms with Gasteiger partial charge in [0.05, 0.1) is 11.7 Å². The van der Waals surface area contributed by atoms with Gasteiger partial charge in [0.1, 0.15) is 5.82 Å². The highest BCUT2D eigenvalue weighted by atomic mass is 19.1. The summed E-state index contributed by atoms with van der Waals surface area (Å²) in [5.74, 6) is -1.54. The maximum Gasteiger partial charge on any atom is 0.261 e. The van der Waals surface area contributed by atoms with Gasteiger partial charge in [-0.25, -0.2) is 18.7 Å². The molecule has 166 valence electrons. The Morgan fingerprint density at radius 3 is 2.69 bits per heavy atom. The molecule has 0 saturated carbocycles. The van der Waals surface area contributed by atoms with Gasteiger partial charge in [-0.05, 0) is 49.4 Å². The molecule has 0 radical (unpaired) electrons. The Hall–Kier alpha value is -3.42. The van der Waals surface area contributed by atoms with Crippen molar-refractivity contribution in [2.75, 3.05) is 0 Å². The van der Waals surface area contributed by atoms with Gasteiger partial charge in [0.15, 0.2) is 23.5 Å². The van der Waals surface area contributed by atoms with Crippen LogP contribution >= 0.6 is 0 Å². The van der Waals surface area contributed by atoms with E-state index in [-0.39, 0.29) is 17.2 Å². The van der Waals surface area contributed by atoms with Gasteiger partial charge in [0.25, 0.3) is 5.91 Å². The van der Waals surface area contributed by atoms with Crippen molar-refractivity contribution < 1.29 is 18.3 Å². The molecule has 6 nitrogen and oxygen atoms in total. The second-order valence-corrected chi connectivity index (χ2v) is 8.77. The van der Waals surface area contributed by atoms with Crippen LogP contribution in [0, 0.1) is 17.0 Å². The van der Waals surface area contributed by atoms with E-state index in [9.17, 15) is 13.6 Å². The maximum atomic E-state index is 13.9. The number of carbonyl (C=O) groups excluding carboxylic acids is 1. The fourth-order valence-corrected chi connectivity index (χ4v) is 3.92. The van der Waals surface area contributed by atoms with Crippen LogP contribution in [-0.4, -0.2) is 27.0 Å². The fourth-order valence-electron chi connectivity index (χ4n) is 3.92. The van der Waals surface area contributed by atoms with Crippen LogP contribution in [0.5, 0.6) is 5.75 Å². The van der Waals surface area contributed by atoms with Crippen molar-refractivity contribution in [1.29, 1.82) is 0 Å². The molecule has 2 aromatic heterocycles. The average Bonchev–Trinajstić information content (AvgIpc) is 2.75. The Balaban J connectivity index is 1.54. The van der Waals surface area contributed by atoms with Gasteiger partial charge in [-0.15, -0.1) is 0 Å². The molecule has 0 saturated heterocycles. The smallest absolute Gasteiger partial charge is 0.261 e. The van der Waals surface area contributed by atoms with E-state index in [4.69, 9.17) is 9.72 Å². The second kappa shape index (κ2) is 8.61. The van der Waals surface area contributed by atoms with Crippen LogP contribution in [0.2, 0.25) is 0 Å². The van der Waals surface area contributed by atoms with Crippen molar-refractivity contribution in [3.63, 3.8) is 0 Å². The third-order valence-electron chi connectivity index (χ3n) is 5.50. The zero-order valence-corrected chi connectivity index (χ0v) is 18.1. The van der Waals surface area contributed by atoms with Gasteiger partial charge in [-0.1, -0.05) is 13.8 Å². The molecule has 3 aromatic rings. The van der Waals surface area contributed by atoms with Crippen LogP contribution < -0.4 is 10.1 Å².